The number of likely N-dealkylation sites (tertiary alicyclic amines) is 1. The topological polar surface area (TPSA) is 46.3 Å². The van der Waals surface area contributed by atoms with Gasteiger partial charge < -0.3 is 10.6 Å². The lowest BCUT2D eigenvalue weighted by Crippen LogP contribution is -2.45. The molecule has 3 nitrogen and oxygen atoms in total. The lowest BCUT2D eigenvalue weighted by Gasteiger charge is -2.34. The molecule has 0 unspecified atom stereocenters. The van der Waals surface area contributed by atoms with Crippen LogP contribution < -0.4 is 5.73 Å². The molecule has 132 valence electrons. The minimum atomic E-state index is -4.35. The van der Waals surface area contributed by atoms with Gasteiger partial charge in [-0.15, -0.1) is 0 Å². The summed E-state index contributed by atoms with van der Waals surface area (Å²) in [5, 5.41) is 0. The smallest absolute Gasteiger partial charge is 0.342 e. The summed E-state index contributed by atoms with van der Waals surface area (Å²) in [5.74, 6) is 0.118. The molecule has 0 aromatic heterocycles. The molecule has 6 heteroatoms. The van der Waals surface area contributed by atoms with Gasteiger partial charge in [0.05, 0.1) is 5.56 Å². The Bertz CT molecular complexity index is 615. The van der Waals surface area contributed by atoms with Crippen molar-refractivity contribution in [2.75, 3.05) is 13.1 Å². The molecule has 1 aromatic rings. The van der Waals surface area contributed by atoms with Crippen molar-refractivity contribution < 1.29 is 18.0 Å². The molecule has 1 aliphatic carbocycles. The molecule has 0 spiro atoms. The average Bonchev–Trinajstić information content (AvgIpc) is 3.34. The van der Waals surface area contributed by atoms with E-state index in [1.807, 2.05) is 11.8 Å². The predicted octanol–water partition coefficient (Wildman–Crippen LogP) is 3.39. The Hall–Kier alpha value is -1.56. The molecule has 2 N–H and O–H groups in total. The molecule has 2 fully saturated rings. The lowest BCUT2D eigenvalue weighted by molar-refractivity contribution is -0.137. The van der Waals surface area contributed by atoms with E-state index in [0.29, 0.717) is 24.4 Å². The Labute approximate surface area is 140 Å². The van der Waals surface area contributed by atoms with Gasteiger partial charge in [0.2, 0.25) is 5.91 Å². The molecule has 1 amide bonds. The van der Waals surface area contributed by atoms with Gasteiger partial charge in [0.25, 0.3) is 0 Å². The van der Waals surface area contributed by atoms with Crippen LogP contribution in [0.1, 0.15) is 43.2 Å². The molecule has 2 aliphatic rings. The van der Waals surface area contributed by atoms with Crippen molar-refractivity contribution in [1.82, 2.24) is 4.90 Å². The summed E-state index contributed by atoms with van der Waals surface area (Å²) in [5.41, 5.74) is 5.92. The number of halogens is 3. The number of carbonyl (C=O) groups excluding carboxylic acids is 1. The second-order valence-electron chi connectivity index (χ2n) is 7.12. The first-order valence-corrected chi connectivity index (χ1v) is 8.49. The molecule has 1 aliphatic heterocycles. The number of nitrogens with two attached hydrogens (primary N) is 1. The van der Waals surface area contributed by atoms with Crippen molar-refractivity contribution in [2.24, 2.45) is 17.6 Å². The van der Waals surface area contributed by atoms with Gasteiger partial charge in [-0.3, -0.25) is 4.79 Å². The second-order valence-corrected chi connectivity index (χ2v) is 7.12. The van der Waals surface area contributed by atoms with Crippen LogP contribution in [-0.4, -0.2) is 29.9 Å². The van der Waals surface area contributed by atoms with Gasteiger partial charge in [0, 0.05) is 25.0 Å². The van der Waals surface area contributed by atoms with Gasteiger partial charge in [-0.2, -0.15) is 13.2 Å². The van der Waals surface area contributed by atoms with Crippen LogP contribution in [0.15, 0.2) is 24.3 Å². The highest BCUT2D eigenvalue weighted by atomic mass is 19.4. The zero-order chi connectivity index (χ0) is 17.5. The van der Waals surface area contributed by atoms with Crippen LogP contribution in [0.5, 0.6) is 0 Å². The van der Waals surface area contributed by atoms with E-state index in [-0.39, 0.29) is 23.8 Å². The number of hydrogen-bond acceptors (Lipinski definition) is 2. The molecule has 24 heavy (non-hydrogen) atoms. The maximum Gasteiger partial charge on any atom is 0.416 e. The fourth-order valence-electron chi connectivity index (χ4n) is 3.66. The average molecular weight is 340 g/mol. The molecule has 4 atom stereocenters. The largest absolute Gasteiger partial charge is 0.416 e. The first-order chi connectivity index (χ1) is 11.3. The van der Waals surface area contributed by atoms with E-state index in [0.717, 1.165) is 25.5 Å². The fourth-order valence-corrected chi connectivity index (χ4v) is 3.66. The molecular weight excluding hydrogens is 317 g/mol. The van der Waals surface area contributed by atoms with Crippen LogP contribution in [0, 0.1) is 11.8 Å². The minimum absolute atomic E-state index is 0.0547. The molecule has 1 saturated carbocycles. The number of piperidine rings is 1. The highest BCUT2D eigenvalue weighted by molar-refractivity contribution is 5.83. The summed E-state index contributed by atoms with van der Waals surface area (Å²) in [6, 6.07) is 5.41. The van der Waals surface area contributed by atoms with Crippen molar-refractivity contribution in [3.05, 3.63) is 35.4 Å². The third-order valence-electron chi connectivity index (χ3n) is 5.26. The van der Waals surface area contributed by atoms with Crippen LogP contribution in [0.25, 0.3) is 0 Å². The quantitative estimate of drug-likeness (QED) is 0.917. The van der Waals surface area contributed by atoms with E-state index in [4.69, 9.17) is 5.73 Å². The number of alkyl halides is 3. The van der Waals surface area contributed by atoms with E-state index in [9.17, 15) is 18.0 Å². The van der Waals surface area contributed by atoms with E-state index in [1.54, 1.807) is 6.07 Å². The third kappa shape index (κ3) is 3.58. The van der Waals surface area contributed by atoms with Crippen molar-refractivity contribution in [3.63, 3.8) is 0 Å². The summed E-state index contributed by atoms with van der Waals surface area (Å²) in [6.07, 6.45) is -1.73. The molecule has 0 bridgehead atoms. The molecule has 1 saturated heterocycles. The summed E-state index contributed by atoms with van der Waals surface area (Å²) in [7, 11) is 0. The maximum absolute atomic E-state index is 12.8. The van der Waals surface area contributed by atoms with Crippen LogP contribution in [0.3, 0.4) is 0 Å². The summed E-state index contributed by atoms with van der Waals surface area (Å²) in [4.78, 5) is 14.5. The number of carbonyl (C=O) groups is 1. The molecular formula is C18H23F3N2O. The zero-order valence-corrected chi connectivity index (χ0v) is 13.7. The molecule has 1 heterocycles. The predicted molar refractivity (Wildman–Crippen MR) is 85.2 cm³/mol. The van der Waals surface area contributed by atoms with E-state index in [1.165, 1.54) is 12.1 Å². The number of amides is 1. The van der Waals surface area contributed by atoms with Crippen LogP contribution in [-0.2, 0) is 11.0 Å². The standard InChI is InChI=1S/C18H23F3N2O/c1-11(22)13-5-3-7-23(10-13)17(24)16-9-15(16)12-4-2-6-14(8-12)18(19,20)21/h2,4,6,8,11,13,15-16H,3,5,7,9-10,22H2,1H3/t11-,13+,15+,16+/m0/s1. The minimum Gasteiger partial charge on any atom is -0.342 e. The van der Waals surface area contributed by atoms with E-state index < -0.39 is 11.7 Å². The maximum atomic E-state index is 12.8. The number of rotatable bonds is 3. The van der Waals surface area contributed by atoms with Crippen LogP contribution >= 0.6 is 0 Å². The SMILES string of the molecule is C[C@H](N)[C@@H]1CCCN(C(=O)[C@@H]2C[C@@H]2c2cccc(C(F)(F)F)c2)C1. The van der Waals surface area contributed by atoms with Crippen molar-refractivity contribution in [2.45, 2.75) is 44.3 Å². The Morgan fingerprint density at radius 2 is 2.12 bits per heavy atom. The molecule has 0 radical (unpaired) electrons. The van der Waals surface area contributed by atoms with Crippen LogP contribution in [0.2, 0.25) is 0 Å². The highest BCUT2D eigenvalue weighted by Gasteiger charge is 2.47. The van der Waals surface area contributed by atoms with Gasteiger partial charge in [-0.05, 0) is 49.7 Å². The fraction of sp³-hybridized carbons (Fsp3) is 0.611. The second kappa shape index (κ2) is 6.39. The summed E-state index contributed by atoms with van der Waals surface area (Å²) >= 11 is 0. The van der Waals surface area contributed by atoms with Gasteiger partial charge in [-0.1, -0.05) is 18.2 Å². The number of nitrogens with zero attached hydrogens (tertiary/aromatic N) is 1. The van der Waals surface area contributed by atoms with Gasteiger partial charge >= 0.3 is 6.18 Å². The summed E-state index contributed by atoms with van der Waals surface area (Å²) in [6.45, 7) is 3.36. The Balaban J connectivity index is 1.66. The van der Waals surface area contributed by atoms with Crippen molar-refractivity contribution in [1.29, 1.82) is 0 Å². The third-order valence-corrected chi connectivity index (χ3v) is 5.26. The Morgan fingerprint density at radius 3 is 2.79 bits per heavy atom. The zero-order valence-electron chi connectivity index (χ0n) is 13.7. The van der Waals surface area contributed by atoms with E-state index in [2.05, 4.69) is 0 Å². The number of benzene rings is 1. The van der Waals surface area contributed by atoms with E-state index >= 15 is 0 Å². The summed E-state index contributed by atoms with van der Waals surface area (Å²) < 4.78 is 38.5. The first kappa shape index (κ1) is 17.3. The van der Waals surface area contributed by atoms with Gasteiger partial charge in [0.15, 0.2) is 0 Å². The molecule has 3 rings (SSSR count). The Morgan fingerprint density at radius 1 is 1.38 bits per heavy atom. The lowest BCUT2D eigenvalue weighted by atomic mass is 9.92. The monoisotopic (exact) mass is 340 g/mol. The van der Waals surface area contributed by atoms with Gasteiger partial charge in [-0.25, -0.2) is 0 Å². The molecule has 1 aromatic carbocycles. The van der Waals surface area contributed by atoms with Crippen molar-refractivity contribution in [3.8, 4) is 0 Å². The highest BCUT2D eigenvalue weighted by Crippen LogP contribution is 2.49. The normalized spacial score (nSPS) is 28.5. The number of hydrogen-bond donors (Lipinski definition) is 1. The van der Waals surface area contributed by atoms with Crippen molar-refractivity contribution >= 4 is 5.91 Å². The van der Waals surface area contributed by atoms with Crippen LogP contribution in [0.4, 0.5) is 13.2 Å². The first-order valence-electron chi connectivity index (χ1n) is 8.49. The van der Waals surface area contributed by atoms with Gasteiger partial charge in [0.1, 0.15) is 0 Å². The Kier molecular flexibility index (Phi) is 4.60.